The van der Waals surface area contributed by atoms with Gasteiger partial charge in [0, 0.05) is 13.2 Å². The summed E-state index contributed by atoms with van der Waals surface area (Å²) in [4.78, 5) is 11.6. The van der Waals surface area contributed by atoms with Gasteiger partial charge >= 0.3 is 0 Å². The molecule has 2 N–H and O–H groups in total. The average molecular weight is 298 g/mol. The number of carbonyl (C=O) groups excluding carboxylic acids is 1. The van der Waals surface area contributed by atoms with Crippen molar-refractivity contribution >= 4 is 40.4 Å². The Morgan fingerprint density at radius 1 is 1.47 bits per heavy atom. The van der Waals surface area contributed by atoms with Crippen LogP contribution in [0.3, 0.4) is 0 Å². The van der Waals surface area contributed by atoms with Gasteiger partial charge in [-0.1, -0.05) is 23.2 Å². The fraction of sp³-hybridized carbons (Fsp3) is 0.500. The van der Waals surface area contributed by atoms with E-state index in [9.17, 15) is 4.79 Å². The van der Waals surface area contributed by atoms with Gasteiger partial charge in [-0.15, -0.1) is 11.3 Å². The van der Waals surface area contributed by atoms with Crippen LogP contribution in [0.4, 0.5) is 0 Å². The number of nitrogens with one attached hydrogen (secondary N) is 1. The molecule has 96 valence electrons. The normalized spacial score (nSPS) is 10.5. The minimum atomic E-state index is -0.236. The summed E-state index contributed by atoms with van der Waals surface area (Å²) in [5, 5.41) is 11.2. The highest BCUT2D eigenvalue weighted by Gasteiger charge is 2.13. The van der Waals surface area contributed by atoms with E-state index in [1.54, 1.807) is 6.07 Å². The first-order valence-electron chi connectivity index (χ1n) is 5.06. The van der Waals surface area contributed by atoms with Gasteiger partial charge in [-0.05, 0) is 12.5 Å². The average Bonchev–Trinajstić information content (AvgIpc) is 2.62. The van der Waals surface area contributed by atoms with E-state index >= 15 is 0 Å². The molecular formula is C10H13Cl2NO3S. The lowest BCUT2D eigenvalue weighted by Crippen LogP contribution is -2.25. The van der Waals surface area contributed by atoms with Crippen LogP contribution in [0, 0.1) is 0 Å². The van der Waals surface area contributed by atoms with E-state index in [0.717, 1.165) is 0 Å². The van der Waals surface area contributed by atoms with Crippen LogP contribution in [0.15, 0.2) is 6.07 Å². The molecule has 1 heterocycles. The van der Waals surface area contributed by atoms with Gasteiger partial charge in [0.1, 0.15) is 4.34 Å². The first-order chi connectivity index (χ1) is 8.15. The van der Waals surface area contributed by atoms with Gasteiger partial charge in [-0.25, -0.2) is 0 Å². The van der Waals surface area contributed by atoms with Crippen LogP contribution in [0.5, 0.6) is 0 Å². The highest BCUT2D eigenvalue weighted by atomic mass is 35.5. The Morgan fingerprint density at radius 2 is 2.24 bits per heavy atom. The zero-order valence-corrected chi connectivity index (χ0v) is 11.4. The lowest BCUT2D eigenvalue weighted by molar-refractivity contribution is 0.0868. The zero-order valence-electron chi connectivity index (χ0n) is 9.04. The number of amides is 1. The Labute approximate surface area is 113 Å². The molecule has 0 unspecified atom stereocenters. The summed E-state index contributed by atoms with van der Waals surface area (Å²) in [6.45, 7) is 1.32. The number of thiophene rings is 1. The third-order valence-corrected chi connectivity index (χ3v) is 3.38. The molecule has 0 aliphatic heterocycles. The van der Waals surface area contributed by atoms with Crippen molar-refractivity contribution in [2.75, 3.05) is 26.4 Å². The Morgan fingerprint density at radius 3 is 2.82 bits per heavy atom. The Kier molecular flexibility index (Phi) is 6.84. The lowest BCUT2D eigenvalue weighted by Gasteiger charge is -2.04. The van der Waals surface area contributed by atoms with E-state index in [1.807, 2.05) is 0 Å². The zero-order chi connectivity index (χ0) is 12.7. The number of rotatable bonds is 7. The summed E-state index contributed by atoms with van der Waals surface area (Å²) in [7, 11) is 0. The smallest absolute Gasteiger partial charge is 0.253 e. The number of hydrogen-bond acceptors (Lipinski definition) is 4. The maximum Gasteiger partial charge on any atom is 0.253 e. The summed E-state index contributed by atoms with van der Waals surface area (Å²) in [5.41, 5.74) is 0.401. The standard InChI is InChI=1S/C10H13Cl2NO3S/c11-8-6-7(9(12)17-8)10(15)13-2-1-4-16-5-3-14/h6,14H,1-5H2,(H,13,15). The largest absolute Gasteiger partial charge is 0.394 e. The van der Waals surface area contributed by atoms with Crippen LogP contribution in [0.2, 0.25) is 8.67 Å². The molecule has 0 aliphatic carbocycles. The molecule has 0 bridgehead atoms. The van der Waals surface area contributed by atoms with Crippen LogP contribution in [-0.4, -0.2) is 37.4 Å². The van der Waals surface area contributed by atoms with E-state index in [4.69, 9.17) is 33.0 Å². The third kappa shape index (κ3) is 5.23. The predicted octanol–water partition coefficient (Wildman–Crippen LogP) is 2.18. The number of hydrogen-bond donors (Lipinski definition) is 2. The number of aliphatic hydroxyl groups excluding tert-OH is 1. The molecule has 17 heavy (non-hydrogen) atoms. The topological polar surface area (TPSA) is 58.6 Å². The maximum absolute atomic E-state index is 11.6. The molecule has 0 spiro atoms. The molecule has 0 aromatic carbocycles. The first-order valence-corrected chi connectivity index (χ1v) is 6.64. The van der Waals surface area contributed by atoms with Crippen molar-refractivity contribution in [1.82, 2.24) is 5.32 Å². The van der Waals surface area contributed by atoms with E-state index in [0.29, 0.717) is 40.4 Å². The van der Waals surface area contributed by atoms with Crippen molar-refractivity contribution in [3.8, 4) is 0 Å². The maximum atomic E-state index is 11.6. The van der Waals surface area contributed by atoms with Gasteiger partial charge in [0.25, 0.3) is 5.91 Å². The highest BCUT2D eigenvalue weighted by molar-refractivity contribution is 7.20. The molecule has 4 nitrogen and oxygen atoms in total. The van der Waals surface area contributed by atoms with Crippen LogP contribution in [0.25, 0.3) is 0 Å². The molecule has 1 rings (SSSR count). The van der Waals surface area contributed by atoms with Crippen molar-refractivity contribution in [3.05, 3.63) is 20.3 Å². The van der Waals surface area contributed by atoms with Gasteiger partial charge in [0.05, 0.1) is 23.1 Å². The molecule has 0 atom stereocenters. The van der Waals surface area contributed by atoms with Crippen LogP contribution in [0.1, 0.15) is 16.8 Å². The second-order valence-electron chi connectivity index (χ2n) is 3.18. The first kappa shape index (κ1) is 14.7. The van der Waals surface area contributed by atoms with Gasteiger partial charge in [0.15, 0.2) is 0 Å². The monoisotopic (exact) mass is 297 g/mol. The summed E-state index contributed by atoms with van der Waals surface area (Å²) < 4.78 is 5.94. The Hall–Kier alpha value is -0.330. The lowest BCUT2D eigenvalue weighted by atomic mass is 10.3. The van der Waals surface area contributed by atoms with Crippen LogP contribution >= 0.6 is 34.5 Å². The van der Waals surface area contributed by atoms with E-state index in [2.05, 4.69) is 5.32 Å². The summed E-state index contributed by atoms with van der Waals surface area (Å²) in [6.07, 6.45) is 0.682. The molecule has 7 heteroatoms. The van der Waals surface area contributed by atoms with Gasteiger partial charge in [0.2, 0.25) is 0 Å². The molecule has 0 saturated heterocycles. The molecule has 0 saturated carbocycles. The molecule has 1 aromatic heterocycles. The quantitative estimate of drug-likeness (QED) is 0.759. The van der Waals surface area contributed by atoms with Crippen molar-refractivity contribution in [3.63, 3.8) is 0 Å². The number of aliphatic hydroxyl groups is 1. The number of halogens is 2. The van der Waals surface area contributed by atoms with Crippen molar-refractivity contribution < 1.29 is 14.6 Å². The van der Waals surface area contributed by atoms with Crippen LogP contribution in [-0.2, 0) is 4.74 Å². The van der Waals surface area contributed by atoms with Crippen molar-refractivity contribution in [2.24, 2.45) is 0 Å². The van der Waals surface area contributed by atoms with Gasteiger partial charge in [-0.2, -0.15) is 0 Å². The molecule has 0 radical (unpaired) electrons. The van der Waals surface area contributed by atoms with Crippen LogP contribution < -0.4 is 5.32 Å². The number of ether oxygens (including phenoxy) is 1. The fourth-order valence-corrected chi connectivity index (χ4v) is 2.59. The predicted molar refractivity (Wildman–Crippen MR) is 69.2 cm³/mol. The van der Waals surface area contributed by atoms with E-state index < -0.39 is 0 Å². The fourth-order valence-electron chi connectivity index (χ4n) is 1.13. The second-order valence-corrected chi connectivity index (χ2v) is 5.47. The summed E-state index contributed by atoms with van der Waals surface area (Å²) in [6, 6.07) is 1.55. The summed E-state index contributed by atoms with van der Waals surface area (Å²) >= 11 is 12.7. The van der Waals surface area contributed by atoms with Crippen molar-refractivity contribution in [1.29, 1.82) is 0 Å². The minimum Gasteiger partial charge on any atom is -0.394 e. The molecule has 1 aromatic rings. The molecule has 1 amide bonds. The van der Waals surface area contributed by atoms with Gasteiger partial charge in [-0.3, -0.25) is 4.79 Å². The Bertz CT molecular complexity index is 370. The van der Waals surface area contributed by atoms with E-state index in [1.165, 1.54) is 11.3 Å². The third-order valence-electron chi connectivity index (χ3n) is 1.89. The highest BCUT2D eigenvalue weighted by Crippen LogP contribution is 2.30. The SMILES string of the molecule is O=C(NCCCOCCO)c1cc(Cl)sc1Cl. The van der Waals surface area contributed by atoms with E-state index in [-0.39, 0.29) is 12.5 Å². The molecular weight excluding hydrogens is 285 g/mol. The number of carbonyl (C=O) groups is 1. The molecule has 0 fully saturated rings. The van der Waals surface area contributed by atoms with Crippen molar-refractivity contribution in [2.45, 2.75) is 6.42 Å². The minimum absolute atomic E-state index is 0.00930. The Balaban J connectivity index is 2.23. The van der Waals surface area contributed by atoms with Gasteiger partial charge < -0.3 is 15.2 Å². The molecule has 0 aliphatic rings. The summed E-state index contributed by atoms with van der Waals surface area (Å²) in [5.74, 6) is -0.236. The second kappa shape index (κ2) is 7.89.